The number of carbonyl (C=O) groups is 1. The van der Waals surface area contributed by atoms with Crippen LogP contribution in [0.3, 0.4) is 0 Å². The number of carbonyl (C=O) groups excluding carboxylic acids is 1. The van der Waals surface area contributed by atoms with E-state index in [2.05, 4.69) is 12.2 Å². The number of para-hydroxylation sites is 2. The van der Waals surface area contributed by atoms with Crippen molar-refractivity contribution in [2.75, 3.05) is 5.32 Å². The van der Waals surface area contributed by atoms with Gasteiger partial charge in [-0.05, 0) is 37.5 Å². The molecule has 1 aromatic heterocycles. The second kappa shape index (κ2) is 5.68. The number of anilines is 1. The summed E-state index contributed by atoms with van der Waals surface area (Å²) in [7, 11) is 0. The number of aryl methyl sites for hydroxylation is 3. The van der Waals surface area contributed by atoms with Crippen LogP contribution in [0, 0.1) is 13.8 Å². The quantitative estimate of drug-likeness (QED) is 0.749. The molecule has 0 fully saturated rings. The van der Waals surface area contributed by atoms with Crippen LogP contribution in [0.2, 0.25) is 0 Å². The molecule has 1 N–H and O–H groups in total. The van der Waals surface area contributed by atoms with Crippen molar-refractivity contribution in [3.8, 4) is 0 Å². The molecule has 0 aliphatic rings. The Morgan fingerprint density at radius 2 is 1.86 bits per heavy atom. The largest absolute Gasteiger partial charge is 0.451 e. The first-order valence-electron chi connectivity index (χ1n) is 7.49. The van der Waals surface area contributed by atoms with E-state index in [4.69, 9.17) is 4.42 Å². The molecule has 0 unspecified atom stereocenters. The zero-order valence-electron chi connectivity index (χ0n) is 13.1. The fourth-order valence-corrected chi connectivity index (χ4v) is 2.76. The van der Waals surface area contributed by atoms with Gasteiger partial charge in [0.2, 0.25) is 0 Å². The molecule has 3 nitrogen and oxygen atoms in total. The maximum Gasteiger partial charge on any atom is 0.291 e. The number of rotatable bonds is 3. The Balaban J connectivity index is 1.99. The summed E-state index contributed by atoms with van der Waals surface area (Å²) >= 11 is 0. The lowest BCUT2D eigenvalue weighted by Crippen LogP contribution is -2.14. The Morgan fingerprint density at radius 3 is 2.59 bits per heavy atom. The third-order valence-electron chi connectivity index (χ3n) is 4.03. The van der Waals surface area contributed by atoms with E-state index < -0.39 is 0 Å². The molecule has 3 rings (SSSR count). The van der Waals surface area contributed by atoms with Gasteiger partial charge in [0.15, 0.2) is 5.76 Å². The Hall–Kier alpha value is -2.55. The van der Waals surface area contributed by atoms with Gasteiger partial charge in [-0.3, -0.25) is 4.79 Å². The Kier molecular flexibility index (Phi) is 3.72. The minimum absolute atomic E-state index is 0.197. The number of fused-ring (bicyclic) bond motifs is 1. The van der Waals surface area contributed by atoms with Gasteiger partial charge in [0, 0.05) is 16.6 Å². The number of benzene rings is 2. The van der Waals surface area contributed by atoms with Gasteiger partial charge in [-0.1, -0.05) is 43.3 Å². The average Bonchev–Trinajstić information content (AvgIpc) is 2.87. The summed E-state index contributed by atoms with van der Waals surface area (Å²) < 4.78 is 5.73. The van der Waals surface area contributed by atoms with Crippen LogP contribution in [0.15, 0.2) is 46.9 Å². The van der Waals surface area contributed by atoms with Gasteiger partial charge in [0.05, 0.1) is 0 Å². The summed E-state index contributed by atoms with van der Waals surface area (Å²) in [5.41, 5.74) is 4.68. The Bertz CT molecular complexity index is 846. The summed E-state index contributed by atoms with van der Waals surface area (Å²) in [6, 6.07) is 13.7. The summed E-state index contributed by atoms with van der Waals surface area (Å²) in [5, 5.41) is 3.99. The second-order valence-electron chi connectivity index (χ2n) is 5.47. The van der Waals surface area contributed by atoms with Gasteiger partial charge >= 0.3 is 0 Å². The van der Waals surface area contributed by atoms with Gasteiger partial charge in [-0.2, -0.15) is 0 Å². The lowest BCUT2D eigenvalue weighted by atomic mass is 10.1. The van der Waals surface area contributed by atoms with Crippen LogP contribution in [0.4, 0.5) is 5.69 Å². The fourth-order valence-electron chi connectivity index (χ4n) is 2.76. The lowest BCUT2D eigenvalue weighted by Gasteiger charge is -2.12. The van der Waals surface area contributed by atoms with Gasteiger partial charge in [-0.15, -0.1) is 0 Å². The van der Waals surface area contributed by atoms with Crippen LogP contribution < -0.4 is 5.32 Å². The molecular weight excluding hydrogens is 274 g/mol. The van der Waals surface area contributed by atoms with E-state index in [1.165, 1.54) is 0 Å². The van der Waals surface area contributed by atoms with Crippen molar-refractivity contribution in [2.24, 2.45) is 0 Å². The van der Waals surface area contributed by atoms with Crippen molar-refractivity contribution in [3.05, 3.63) is 64.9 Å². The summed E-state index contributed by atoms with van der Waals surface area (Å²) in [5.74, 6) is 0.184. The van der Waals surface area contributed by atoms with E-state index in [0.29, 0.717) is 5.76 Å². The molecule has 1 heterocycles. The Labute approximate surface area is 130 Å². The highest BCUT2D eigenvalue weighted by Gasteiger charge is 2.18. The van der Waals surface area contributed by atoms with Gasteiger partial charge in [-0.25, -0.2) is 0 Å². The number of hydrogen-bond acceptors (Lipinski definition) is 2. The second-order valence-corrected chi connectivity index (χ2v) is 5.47. The molecule has 2 aromatic carbocycles. The van der Waals surface area contributed by atoms with Gasteiger partial charge < -0.3 is 9.73 Å². The number of amides is 1. The first-order valence-corrected chi connectivity index (χ1v) is 7.49. The summed E-state index contributed by atoms with van der Waals surface area (Å²) in [4.78, 5) is 12.6. The molecule has 0 radical (unpaired) electrons. The van der Waals surface area contributed by atoms with Crippen molar-refractivity contribution in [1.29, 1.82) is 0 Å². The highest BCUT2D eigenvalue weighted by Crippen LogP contribution is 2.27. The van der Waals surface area contributed by atoms with Crippen molar-refractivity contribution < 1.29 is 9.21 Å². The average molecular weight is 293 g/mol. The predicted molar refractivity (Wildman–Crippen MR) is 89.5 cm³/mol. The number of nitrogens with one attached hydrogen (secondary N) is 1. The highest BCUT2D eigenvalue weighted by molar-refractivity contribution is 6.07. The minimum atomic E-state index is -0.197. The first kappa shape index (κ1) is 14.4. The van der Waals surface area contributed by atoms with Crippen molar-refractivity contribution in [1.82, 2.24) is 0 Å². The smallest absolute Gasteiger partial charge is 0.291 e. The van der Waals surface area contributed by atoms with Crippen molar-refractivity contribution in [2.45, 2.75) is 27.2 Å². The molecule has 0 atom stereocenters. The Morgan fingerprint density at radius 1 is 1.09 bits per heavy atom. The van der Waals surface area contributed by atoms with Crippen LogP contribution in [-0.2, 0) is 6.42 Å². The number of hydrogen-bond donors (Lipinski definition) is 1. The maximum atomic E-state index is 12.6. The molecule has 0 saturated heterocycles. The van der Waals surface area contributed by atoms with Crippen LogP contribution >= 0.6 is 0 Å². The topological polar surface area (TPSA) is 42.2 Å². The maximum absolute atomic E-state index is 12.6. The van der Waals surface area contributed by atoms with Crippen molar-refractivity contribution >= 4 is 22.6 Å². The molecule has 0 aliphatic heterocycles. The third-order valence-corrected chi connectivity index (χ3v) is 4.03. The van der Waals surface area contributed by atoms with E-state index in [1.54, 1.807) is 0 Å². The molecular formula is C19H19NO2. The highest BCUT2D eigenvalue weighted by atomic mass is 16.3. The van der Waals surface area contributed by atoms with E-state index in [9.17, 15) is 4.79 Å². The summed E-state index contributed by atoms with van der Waals surface area (Å²) in [6.45, 7) is 6.00. The number of furan rings is 1. The molecule has 22 heavy (non-hydrogen) atoms. The molecule has 0 spiro atoms. The van der Waals surface area contributed by atoms with Crippen LogP contribution in [0.25, 0.3) is 11.0 Å². The molecule has 0 bridgehead atoms. The first-order chi connectivity index (χ1) is 10.6. The van der Waals surface area contributed by atoms with Gasteiger partial charge in [0.25, 0.3) is 5.91 Å². The summed E-state index contributed by atoms with van der Waals surface area (Å²) in [6.07, 6.45) is 0.871. The monoisotopic (exact) mass is 293 g/mol. The fraction of sp³-hybridized carbons (Fsp3) is 0.211. The molecule has 1 amide bonds. The van der Waals surface area contributed by atoms with Crippen LogP contribution in [-0.4, -0.2) is 5.91 Å². The van der Waals surface area contributed by atoms with E-state index in [-0.39, 0.29) is 5.91 Å². The minimum Gasteiger partial charge on any atom is -0.451 e. The molecule has 3 heteroatoms. The normalized spacial score (nSPS) is 10.9. The molecule has 3 aromatic rings. The third kappa shape index (κ3) is 2.39. The van der Waals surface area contributed by atoms with Crippen LogP contribution in [0.5, 0.6) is 0 Å². The molecule has 112 valence electrons. The van der Waals surface area contributed by atoms with Gasteiger partial charge in [0.1, 0.15) is 5.58 Å². The molecule has 0 aliphatic carbocycles. The van der Waals surface area contributed by atoms with E-state index in [1.807, 2.05) is 56.3 Å². The SMILES string of the molecule is CCc1cccc(C)c1NC(=O)c1oc2ccccc2c1C. The van der Waals surface area contributed by atoms with E-state index >= 15 is 0 Å². The lowest BCUT2D eigenvalue weighted by molar-refractivity contribution is 0.0997. The van der Waals surface area contributed by atoms with Crippen LogP contribution in [0.1, 0.15) is 34.2 Å². The van der Waals surface area contributed by atoms with Crippen molar-refractivity contribution in [3.63, 3.8) is 0 Å². The standard InChI is InChI=1S/C19H19NO2/c1-4-14-9-7-8-12(2)17(14)20-19(21)18-13(3)15-10-5-6-11-16(15)22-18/h5-11H,4H2,1-3H3,(H,20,21). The zero-order chi connectivity index (χ0) is 15.7. The predicted octanol–water partition coefficient (Wildman–Crippen LogP) is 4.86. The molecule has 0 saturated carbocycles. The van der Waals surface area contributed by atoms with E-state index in [0.717, 1.165) is 39.8 Å². The zero-order valence-corrected chi connectivity index (χ0v) is 13.1.